The molecule has 17 heavy (non-hydrogen) atoms. The predicted molar refractivity (Wildman–Crippen MR) is 72.1 cm³/mol. The Balaban J connectivity index is 2.04. The average Bonchev–Trinajstić information content (AvgIpc) is 2.79. The molecular formula is C12H16N4S. The van der Waals surface area contributed by atoms with Crippen LogP contribution in [0.3, 0.4) is 0 Å². The molecule has 3 N–H and O–H groups in total. The quantitative estimate of drug-likeness (QED) is 0.871. The highest BCUT2D eigenvalue weighted by molar-refractivity contribution is 7.13. The van der Waals surface area contributed by atoms with Gasteiger partial charge in [0.05, 0.1) is 4.88 Å². The van der Waals surface area contributed by atoms with Gasteiger partial charge in [-0.3, -0.25) is 0 Å². The number of hydrogen-bond donors (Lipinski definition) is 2. The summed E-state index contributed by atoms with van der Waals surface area (Å²) in [5, 5.41) is 13.5. The number of aromatic nitrogens is 2. The summed E-state index contributed by atoms with van der Waals surface area (Å²) >= 11 is 1.66. The van der Waals surface area contributed by atoms with Crippen LogP contribution in [0.2, 0.25) is 0 Å². The van der Waals surface area contributed by atoms with E-state index in [1.54, 1.807) is 11.3 Å². The van der Waals surface area contributed by atoms with Crippen molar-refractivity contribution in [3.63, 3.8) is 0 Å². The number of hydrogen-bond acceptors (Lipinski definition) is 5. The first-order chi connectivity index (χ1) is 8.04. The Labute approximate surface area is 105 Å². The van der Waals surface area contributed by atoms with E-state index < -0.39 is 0 Å². The molecule has 90 valence electrons. The van der Waals surface area contributed by atoms with Crippen molar-refractivity contribution in [1.82, 2.24) is 10.2 Å². The Kier molecular flexibility index (Phi) is 3.40. The van der Waals surface area contributed by atoms with Gasteiger partial charge in [0.25, 0.3) is 0 Å². The van der Waals surface area contributed by atoms with E-state index in [9.17, 15) is 0 Å². The van der Waals surface area contributed by atoms with Crippen molar-refractivity contribution in [1.29, 1.82) is 0 Å². The van der Waals surface area contributed by atoms with Gasteiger partial charge in [-0.2, -0.15) is 0 Å². The Morgan fingerprint density at radius 1 is 1.29 bits per heavy atom. The maximum atomic E-state index is 5.88. The Morgan fingerprint density at radius 3 is 2.65 bits per heavy atom. The smallest absolute Gasteiger partial charge is 0.148 e. The van der Waals surface area contributed by atoms with Crippen LogP contribution in [-0.2, 0) is 0 Å². The van der Waals surface area contributed by atoms with Gasteiger partial charge in [0, 0.05) is 12.1 Å². The molecule has 0 saturated carbocycles. The number of rotatable bonds is 4. The molecule has 5 heteroatoms. The molecule has 4 nitrogen and oxygen atoms in total. The van der Waals surface area contributed by atoms with Gasteiger partial charge in [0.2, 0.25) is 0 Å². The Morgan fingerprint density at radius 2 is 2.12 bits per heavy atom. The standard InChI is InChI=1S/C12H16N4S/c1-12(2,13)8-14-11-6-5-9(15-16-11)10-4-3-7-17-10/h3-7H,8,13H2,1-2H3,(H,14,16). The number of anilines is 1. The summed E-state index contributed by atoms with van der Waals surface area (Å²) < 4.78 is 0. The average molecular weight is 248 g/mol. The van der Waals surface area contributed by atoms with Crippen LogP contribution in [0.4, 0.5) is 5.82 Å². The van der Waals surface area contributed by atoms with Crippen molar-refractivity contribution in [3.05, 3.63) is 29.6 Å². The summed E-state index contributed by atoms with van der Waals surface area (Å²) in [6, 6.07) is 7.92. The summed E-state index contributed by atoms with van der Waals surface area (Å²) in [4.78, 5) is 1.13. The zero-order chi connectivity index (χ0) is 12.3. The molecule has 2 heterocycles. The van der Waals surface area contributed by atoms with E-state index in [1.807, 2.05) is 43.5 Å². The van der Waals surface area contributed by atoms with E-state index in [0.717, 1.165) is 16.4 Å². The molecule has 2 aromatic heterocycles. The lowest BCUT2D eigenvalue weighted by molar-refractivity contribution is 0.548. The predicted octanol–water partition coefficient (Wildman–Crippen LogP) is 2.35. The fourth-order valence-corrected chi connectivity index (χ4v) is 1.99. The van der Waals surface area contributed by atoms with Crippen LogP contribution in [0.5, 0.6) is 0 Å². The maximum Gasteiger partial charge on any atom is 0.148 e. The molecule has 0 aliphatic heterocycles. The van der Waals surface area contributed by atoms with Crippen molar-refractivity contribution in [2.24, 2.45) is 5.73 Å². The largest absolute Gasteiger partial charge is 0.367 e. The van der Waals surface area contributed by atoms with Gasteiger partial charge < -0.3 is 11.1 Å². The van der Waals surface area contributed by atoms with E-state index in [-0.39, 0.29) is 5.54 Å². The monoisotopic (exact) mass is 248 g/mol. The maximum absolute atomic E-state index is 5.88. The Hall–Kier alpha value is -1.46. The van der Waals surface area contributed by atoms with E-state index in [1.165, 1.54) is 0 Å². The summed E-state index contributed by atoms with van der Waals surface area (Å²) in [5.74, 6) is 0.754. The van der Waals surface area contributed by atoms with Crippen LogP contribution in [-0.4, -0.2) is 22.3 Å². The lowest BCUT2D eigenvalue weighted by Gasteiger charge is -2.18. The summed E-state index contributed by atoms with van der Waals surface area (Å²) in [5.41, 5.74) is 6.53. The number of nitrogens with zero attached hydrogens (tertiary/aromatic N) is 2. The van der Waals surface area contributed by atoms with Crippen LogP contribution in [0.25, 0.3) is 10.6 Å². The van der Waals surface area contributed by atoms with Crippen LogP contribution in [0, 0.1) is 0 Å². The summed E-state index contributed by atoms with van der Waals surface area (Å²) in [6.07, 6.45) is 0. The molecule has 0 saturated heterocycles. The molecule has 0 fully saturated rings. The molecular weight excluding hydrogens is 232 g/mol. The number of nitrogens with two attached hydrogens (primary N) is 1. The molecule has 0 bridgehead atoms. The molecule has 0 aromatic carbocycles. The molecule has 0 aliphatic rings. The van der Waals surface area contributed by atoms with Gasteiger partial charge in [-0.15, -0.1) is 21.5 Å². The van der Waals surface area contributed by atoms with Gasteiger partial charge in [-0.05, 0) is 37.4 Å². The molecule has 0 radical (unpaired) electrons. The van der Waals surface area contributed by atoms with E-state index in [4.69, 9.17) is 5.73 Å². The van der Waals surface area contributed by atoms with Crippen molar-refractivity contribution >= 4 is 17.2 Å². The minimum absolute atomic E-state index is 0.256. The normalized spacial score (nSPS) is 11.5. The van der Waals surface area contributed by atoms with Gasteiger partial charge in [0.15, 0.2) is 0 Å². The van der Waals surface area contributed by atoms with E-state index in [0.29, 0.717) is 6.54 Å². The zero-order valence-corrected chi connectivity index (χ0v) is 10.8. The summed E-state index contributed by atoms with van der Waals surface area (Å²) in [6.45, 7) is 4.60. The minimum atomic E-state index is -0.256. The van der Waals surface area contributed by atoms with Crippen molar-refractivity contribution < 1.29 is 0 Å². The molecule has 0 atom stereocenters. The van der Waals surface area contributed by atoms with Gasteiger partial charge in [-0.1, -0.05) is 6.07 Å². The third kappa shape index (κ3) is 3.51. The van der Waals surface area contributed by atoms with Gasteiger partial charge in [0.1, 0.15) is 11.5 Å². The second-order valence-electron chi connectivity index (χ2n) is 4.62. The highest BCUT2D eigenvalue weighted by Gasteiger charge is 2.10. The third-order valence-electron chi connectivity index (χ3n) is 2.16. The minimum Gasteiger partial charge on any atom is -0.367 e. The topological polar surface area (TPSA) is 63.8 Å². The van der Waals surface area contributed by atoms with Gasteiger partial charge in [-0.25, -0.2) is 0 Å². The van der Waals surface area contributed by atoms with Crippen molar-refractivity contribution in [2.75, 3.05) is 11.9 Å². The fraction of sp³-hybridized carbons (Fsp3) is 0.333. The molecule has 2 rings (SSSR count). The second-order valence-corrected chi connectivity index (χ2v) is 5.57. The zero-order valence-electron chi connectivity index (χ0n) is 9.97. The van der Waals surface area contributed by atoms with Gasteiger partial charge >= 0.3 is 0 Å². The third-order valence-corrected chi connectivity index (χ3v) is 3.06. The number of thiophene rings is 1. The van der Waals surface area contributed by atoms with Crippen LogP contribution < -0.4 is 11.1 Å². The highest BCUT2D eigenvalue weighted by atomic mass is 32.1. The molecule has 0 amide bonds. The molecule has 0 unspecified atom stereocenters. The molecule has 0 aliphatic carbocycles. The first-order valence-electron chi connectivity index (χ1n) is 5.45. The highest BCUT2D eigenvalue weighted by Crippen LogP contribution is 2.22. The van der Waals surface area contributed by atoms with Crippen molar-refractivity contribution in [2.45, 2.75) is 19.4 Å². The van der Waals surface area contributed by atoms with E-state index in [2.05, 4.69) is 15.5 Å². The number of nitrogens with one attached hydrogen (secondary N) is 1. The first kappa shape index (κ1) is 12.0. The SMILES string of the molecule is CC(C)(N)CNc1ccc(-c2cccs2)nn1. The van der Waals surface area contributed by atoms with E-state index >= 15 is 0 Å². The Bertz CT molecular complexity index is 456. The first-order valence-corrected chi connectivity index (χ1v) is 6.33. The lowest BCUT2D eigenvalue weighted by Crippen LogP contribution is -2.39. The molecule has 2 aromatic rings. The summed E-state index contributed by atoms with van der Waals surface area (Å²) in [7, 11) is 0. The van der Waals surface area contributed by atoms with Crippen LogP contribution in [0.15, 0.2) is 29.6 Å². The fourth-order valence-electron chi connectivity index (χ4n) is 1.30. The van der Waals surface area contributed by atoms with Crippen LogP contribution >= 0.6 is 11.3 Å². The molecule has 0 spiro atoms. The van der Waals surface area contributed by atoms with Crippen LogP contribution in [0.1, 0.15) is 13.8 Å². The lowest BCUT2D eigenvalue weighted by atomic mass is 10.1. The van der Waals surface area contributed by atoms with Crippen molar-refractivity contribution in [3.8, 4) is 10.6 Å². The second kappa shape index (κ2) is 4.81.